The Hall–Kier alpha value is -0.890. The van der Waals surface area contributed by atoms with Gasteiger partial charge in [-0.1, -0.05) is 12.1 Å². The molecule has 0 amide bonds. The molecule has 2 rings (SSSR count). The summed E-state index contributed by atoms with van der Waals surface area (Å²) in [7, 11) is 0. The Balaban J connectivity index is 1.60. The Morgan fingerprint density at radius 2 is 2.13 bits per heavy atom. The molecule has 0 aliphatic heterocycles. The molecule has 1 aromatic rings. The lowest BCUT2D eigenvalue weighted by molar-refractivity contribution is 0.611. The van der Waals surface area contributed by atoms with E-state index in [0.29, 0.717) is 0 Å². The summed E-state index contributed by atoms with van der Waals surface area (Å²) in [5.41, 5.74) is 1.11. The molecule has 0 aromatic heterocycles. The van der Waals surface area contributed by atoms with E-state index in [4.69, 9.17) is 0 Å². The van der Waals surface area contributed by atoms with Crippen molar-refractivity contribution in [2.75, 3.05) is 6.54 Å². The van der Waals surface area contributed by atoms with E-state index in [-0.39, 0.29) is 5.82 Å². The normalized spacial score (nSPS) is 15.5. The third kappa shape index (κ3) is 4.00. The number of nitrogens with one attached hydrogen (secondary N) is 1. The second-order valence-corrected chi connectivity index (χ2v) is 4.32. The molecule has 15 heavy (non-hydrogen) atoms. The molecule has 0 spiro atoms. The Labute approximate surface area is 90.7 Å². The van der Waals surface area contributed by atoms with Crippen molar-refractivity contribution in [3.8, 4) is 0 Å². The number of benzene rings is 1. The van der Waals surface area contributed by atoms with Gasteiger partial charge in [-0.2, -0.15) is 0 Å². The van der Waals surface area contributed by atoms with E-state index in [1.54, 1.807) is 12.1 Å². The summed E-state index contributed by atoms with van der Waals surface area (Å²) in [5, 5.41) is 3.48. The first-order chi connectivity index (χ1) is 7.34. The summed E-state index contributed by atoms with van der Waals surface area (Å²) in [6.07, 6.45) is 6.02. The number of hydrogen-bond acceptors (Lipinski definition) is 1. The lowest BCUT2D eigenvalue weighted by Gasteiger charge is -2.03. The van der Waals surface area contributed by atoms with E-state index in [1.165, 1.54) is 25.3 Å². The van der Waals surface area contributed by atoms with Crippen LogP contribution in [0.25, 0.3) is 0 Å². The quantitative estimate of drug-likeness (QED) is 0.707. The molecule has 0 unspecified atom stereocenters. The van der Waals surface area contributed by atoms with Crippen LogP contribution in [0.2, 0.25) is 0 Å². The Morgan fingerprint density at radius 1 is 1.27 bits per heavy atom. The van der Waals surface area contributed by atoms with Crippen LogP contribution in [-0.4, -0.2) is 12.6 Å². The van der Waals surface area contributed by atoms with Crippen LogP contribution in [-0.2, 0) is 6.42 Å². The molecule has 0 radical (unpaired) electrons. The van der Waals surface area contributed by atoms with Crippen molar-refractivity contribution in [2.45, 2.75) is 38.1 Å². The monoisotopic (exact) mass is 207 g/mol. The molecule has 82 valence electrons. The fraction of sp³-hybridized carbons (Fsp3) is 0.538. The lowest BCUT2D eigenvalue weighted by Crippen LogP contribution is -2.17. The lowest BCUT2D eigenvalue weighted by atomic mass is 10.1. The summed E-state index contributed by atoms with van der Waals surface area (Å²) in [5.74, 6) is -0.122. The Bertz CT molecular complexity index is 307. The minimum atomic E-state index is -0.122. The molecule has 1 N–H and O–H groups in total. The molecule has 0 bridgehead atoms. The smallest absolute Gasteiger partial charge is 0.123 e. The number of hydrogen-bond donors (Lipinski definition) is 1. The topological polar surface area (TPSA) is 12.0 Å². The molecule has 1 nitrogen and oxygen atoms in total. The maximum atomic E-state index is 12.8. The van der Waals surface area contributed by atoms with Gasteiger partial charge < -0.3 is 5.32 Å². The van der Waals surface area contributed by atoms with Gasteiger partial charge >= 0.3 is 0 Å². The summed E-state index contributed by atoms with van der Waals surface area (Å²) in [4.78, 5) is 0. The predicted octanol–water partition coefficient (Wildman–Crippen LogP) is 2.90. The zero-order valence-electron chi connectivity index (χ0n) is 9.01. The second-order valence-electron chi connectivity index (χ2n) is 4.32. The van der Waals surface area contributed by atoms with Gasteiger partial charge in [-0.25, -0.2) is 4.39 Å². The van der Waals surface area contributed by atoms with Crippen LogP contribution in [0.5, 0.6) is 0 Å². The number of halogens is 1. The van der Waals surface area contributed by atoms with Crippen molar-refractivity contribution >= 4 is 0 Å². The highest BCUT2D eigenvalue weighted by Gasteiger charge is 2.19. The molecule has 1 saturated carbocycles. The van der Waals surface area contributed by atoms with E-state index in [2.05, 4.69) is 5.32 Å². The third-order valence-corrected chi connectivity index (χ3v) is 2.79. The van der Waals surface area contributed by atoms with Crippen LogP contribution in [0, 0.1) is 5.82 Å². The van der Waals surface area contributed by atoms with Gasteiger partial charge in [0.15, 0.2) is 0 Å². The first-order valence-corrected chi connectivity index (χ1v) is 5.82. The van der Waals surface area contributed by atoms with Crippen molar-refractivity contribution in [1.82, 2.24) is 5.32 Å². The average Bonchev–Trinajstić information content (AvgIpc) is 3.01. The molecular weight excluding hydrogens is 189 g/mol. The summed E-state index contributed by atoms with van der Waals surface area (Å²) in [6, 6.07) is 7.72. The zero-order valence-corrected chi connectivity index (χ0v) is 9.01. The van der Waals surface area contributed by atoms with Crippen LogP contribution >= 0.6 is 0 Å². The standard InChI is InChI=1S/C13H18FN/c14-12-6-3-5-11(10-12)4-1-2-9-15-13-7-8-13/h3,5-6,10,13,15H,1-2,4,7-9H2. The van der Waals surface area contributed by atoms with Gasteiger partial charge in [0, 0.05) is 6.04 Å². The van der Waals surface area contributed by atoms with Crippen LogP contribution in [0.15, 0.2) is 24.3 Å². The van der Waals surface area contributed by atoms with E-state index < -0.39 is 0 Å². The maximum absolute atomic E-state index is 12.8. The first-order valence-electron chi connectivity index (χ1n) is 5.82. The fourth-order valence-electron chi connectivity index (χ4n) is 1.74. The number of unbranched alkanes of at least 4 members (excludes halogenated alkanes) is 1. The van der Waals surface area contributed by atoms with Crippen molar-refractivity contribution in [1.29, 1.82) is 0 Å². The summed E-state index contributed by atoms with van der Waals surface area (Å²) in [6.45, 7) is 1.11. The molecule has 1 aromatic carbocycles. The maximum Gasteiger partial charge on any atom is 0.123 e. The molecule has 1 aliphatic rings. The molecule has 0 saturated heterocycles. The molecule has 0 atom stereocenters. The number of rotatable bonds is 6. The van der Waals surface area contributed by atoms with Gasteiger partial charge in [-0.3, -0.25) is 0 Å². The molecular formula is C13H18FN. The molecule has 1 fully saturated rings. The number of aryl methyl sites for hydroxylation is 1. The third-order valence-electron chi connectivity index (χ3n) is 2.79. The van der Waals surface area contributed by atoms with Gasteiger partial charge in [-0.15, -0.1) is 0 Å². The van der Waals surface area contributed by atoms with Crippen molar-refractivity contribution < 1.29 is 4.39 Å². The van der Waals surface area contributed by atoms with Gasteiger partial charge in [0.2, 0.25) is 0 Å². The molecule has 2 heteroatoms. The van der Waals surface area contributed by atoms with Gasteiger partial charge in [-0.05, 0) is 56.3 Å². The van der Waals surface area contributed by atoms with Gasteiger partial charge in [0.05, 0.1) is 0 Å². The SMILES string of the molecule is Fc1cccc(CCCCNC2CC2)c1. The van der Waals surface area contributed by atoms with Gasteiger partial charge in [0.1, 0.15) is 5.82 Å². The zero-order chi connectivity index (χ0) is 10.5. The summed E-state index contributed by atoms with van der Waals surface area (Å²) < 4.78 is 12.8. The van der Waals surface area contributed by atoms with E-state index in [0.717, 1.165) is 31.0 Å². The predicted molar refractivity (Wildman–Crippen MR) is 60.4 cm³/mol. The minimum Gasteiger partial charge on any atom is -0.314 e. The largest absolute Gasteiger partial charge is 0.314 e. The van der Waals surface area contributed by atoms with Crippen LogP contribution in [0.4, 0.5) is 4.39 Å². The van der Waals surface area contributed by atoms with Crippen molar-refractivity contribution in [3.63, 3.8) is 0 Å². The van der Waals surface area contributed by atoms with E-state index >= 15 is 0 Å². The van der Waals surface area contributed by atoms with Gasteiger partial charge in [0.25, 0.3) is 0 Å². The highest BCUT2D eigenvalue weighted by Crippen LogP contribution is 2.18. The van der Waals surface area contributed by atoms with Crippen LogP contribution in [0.1, 0.15) is 31.2 Å². The van der Waals surface area contributed by atoms with E-state index in [1.807, 2.05) is 6.07 Å². The molecule has 1 aliphatic carbocycles. The second kappa shape index (κ2) is 5.26. The summed E-state index contributed by atoms with van der Waals surface area (Å²) >= 11 is 0. The van der Waals surface area contributed by atoms with Crippen molar-refractivity contribution in [2.24, 2.45) is 0 Å². The Kier molecular flexibility index (Phi) is 3.73. The van der Waals surface area contributed by atoms with Crippen LogP contribution < -0.4 is 5.32 Å². The first kappa shape index (κ1) is 10.6. The Morgan fingerprint density at radius 3 is 2.87 bits per heavy atom. The molecule has 0 heterocycles. The average molecular weight is 207 g/mol. The highest BCUT2D eigenvalue weighted by molar-refractivity contribution is 5.16. The van der Waals surface area contributed by atoms with Crippen molar-refractivity contribution in [3.05, 3.63) is 35.6 Å². The minimum absolute atomic E-state index is 0.122. The van der Waals surface area contributed by atoms with E-state index in [9.17, 15) is 4.39 Å². The fourth-order valence-corrected chi connectivity index (χ4v) is 1.74. The highest BCUT2D eigenvalue weighted by atomic mass is 19.1. The van der Waals surface area contributed by atoms with Crippen LogP contribution in [0.3, 0.4) is 0 Å².